The van der Waals surface area contributed by atoms with Crippen LogP contribution in [-0.4, -0.2) is 11.5 Å². The Bertz CT molecular complexity index is 416. The van der Waals surface area contributed by atoms with E-state index in [2.05, 4.69) is 25.0 Å². The molecule has 4 N–H and O–H groups in total. The van der Waals surface area contributed by atoms with Gasteiger partial charge in [0.15, 0.2) is 0 Å². The quantitative estimate of drug-likeness (QED) is 0.354. The molecule has 0 bridgehead atoms. The van der Waals surface area contributed by atoms with E-state index in [4.69, 9.17) is 16.8 Å². The summed E-state index contributed by atoms with van der Waals surface area (Å²) in [4.78, 5) is 0. The Hall–Kier alpha value is -2.06. The highest BCUT2D eigenvalue weighted by atomic mass is 15.6. The Morgan fingerprint density at radius 2 is 1.94 bits per heavy atom. The molecule has 0 radical (unpaired) electrons. The molecule has 5 nitrogen and oxygen atoms in total. The van der Waals surface area contributed by atoms with Crippen LogP contribution in [0, 0.1) is 17.2 Å². The second kappa shape index (κ2) is 5.87. The highest BCUT2D eigenvalue weighted by Gasteiger charge is 2.20. The maximum Gasteiger partial charge on any atom is 0.107 e. The molecule has 0 amide bonds. The molecule has 17 heavy (non-hydrogen) atoms. The molecular weight excluding hydrogens is 214 g/mol. The molecule has 0 saturated carbocycles. The van der Waals surface area contributed by atoms with Crippen LogP contribution in [0.2, 0.25) is 0 Å². The van der Waals surface area contributed by atoms with Crippen LogP contribution >= 0.6 is 0 Å². The second-order valence-corrected chi connectivity index (χ2v) is 4.07. The fraction of sp³-hybridized carbons (Fsp3) is 0.333. The highest BCUT2D eigenvalue weighted by Crippen LogP contribution is 2.26. The first-order chi connectivity index (χ1) is 8.10. The van der Waals surface area contributed by atoms with Gasteiger partial charge < -0.3 is 5.73 Å². The zero-order valence-electron chi connectivity index (χ0n) is 10.0. The number of hydrogen-bond donors (Lipinski definition) is 2. The maximum absolute atomic E-state index is 8.74. The summed E-state index contributed by atoms with van der Waals surface area (Å²) in [7, 11) is 0. The molecule has 1 rings (SSSR count). The Morgan fingerprint density at radius 3 is 2.35 bits per heavy atom. The van der Waals surface area contributed by atoms with Crippen molar-refractivity contribution in [3.05, 3.63) is 35.4 Å². The van der Waals surface area contributed by atoms with Crippen LogP contribution in [0.5, 0.6) is 0 Å². The zero-order valence-corrected chi connectivity index (χ0v) is 10.0. The predicted octanol–water partition coefficient (Wildman–Crippen LogP) is 1.33. The second-order valence-electron chi connectivity index (χ2n) is 4.07. The molecule has 0 spiro atoms. The molecule has 0 aliphatic rings. The minimum absolute atomic E-state index is 0.0671. The minimum atomic E-state index is -0.0671. The van der Waals surface area contributed by atoms with Crippen molar-refractivity contribution < 1.29 is 0 Å². The van der Waals surface area contributed by atoms with Gasteiger partial charge in [-0.3, -0.25) is 0 Å². The zero-order chi connectivity index (χ0) is 12.8. The van der Waals surface area contributed by atoms with Gasteiger partial charge in [-0.2, -0.15) is 10.4 Å². The smallest absolute Gasteiger partial charge is 0.107 e. The average Bonchev–Trinajstić information content (AvgIpc) is 2.30. The number of hydrogen-bond acceptors (Lipinski definition) is 4. The average molecular weight is 231 g/mol. The third-order valence-electron chi connectivity index (χ3n) is 2.50. The lowest BCUT2D eigenvalue weighted by Gasteiger charge is -2.28. The minimum Gasteiger partial charge on any atom is -0.388 e. The van der Waals surface area contributed by atoms with E-state index in [1.54, 1.807) is 12.1 Å². The molecule has 0 aliphatic carbocycles. The molecule has 0 fully saturated rings. The standard InChI is InChI=1S/C12H17N5/c1-9(2)12(17(15)16-8-14)11-5-3-10(7-13)4-6-11/h3-6,8-9,12H,15H2,1-2H3,(H2,14,16). The van der Waals surface area contributed by atoms with Crippen LogP contribution in [0.4, 0.5) is 0 Å². The van der Waals surface area contributed by atoms with E-state index in [0.717, 1.165) is 5.56 Å². The van der Waals surface area contributed by atoms with Crippen LogP contribution in [0.25, 0.3) is 0 Å². The van der Waals surface area contributed by atoms with Crippen molar-refractivity contribution in [1.82, 2.24) is 5.12 Å². The van der Waals surface area contributed by atoms with Crippen LogP contribution in [-0.2, 0) is 0 Å². The third kappa shape index (κ3) is 3.20. The Labute approximate surface area is 101 Å². The highest BCUT2D eigenvalue weighted by molar-refractivity contribution is 5.50. The van der Waals surface area contributed by atoms with E-state index in [0.29, 0.717) is 5.56 Å². The van der Waals surface area contributed by atoms with Crippen molar-refractivity contribution in [3.8, 4) is 6.07 Å². The summed E-state index contributed by atoms with van der Waals surface area (Å²) in [5.74, 6) is 6.10. The van der Waals surface area contributed by atoms with Crippen LogP contribution < -0.4 is 11.6 Å². The SMILES string of the molecule is CC(C)C(c1ccc(C#N)cc1)N(N)/N=C\N. The van der Waals surface area contributed by atoms with E-state index in [9.17, 15) is 0 Å². The maximum atomic E-state index is 8.74. The molecule has 0 aliphatic heterocycles. The van der Waals surface area contributed by atoms with Crippen LogP contribution in [0.3, 0.4) is 0 Å². The lowest BCUT2D eigenvalue weighted by Crippen LogP contribution is -2.34. The van der Waals surface area contributed by atoms with Gasteiger partial charge >= 0.3 is 0 Å². The Kier molecular flexibility index (Phi) is 4.49. The number of nitrogens with two attached hydrogens (primary N) is 2. The van der Waals surface area contributed by atoms with Gasteiger partial charge in [0, 0.05) is 0 Å². The molecule has 5 heteroatoms. The number of hydrazine groups is 1. The van der Waals surface area contributed by atoms with Gasteiger partial charge in [-0.25, -0.2) is 11.0 Å². The molecule has 0 heterocycles. The molecule has 1 atom stereocenters. The molecule has 90 valence electrons. The first-order valence-electron chi connectivity index (χ1n) is 5.38. The third-order valence-corrected chi connectivity index (χ3v) is 2.50. The van der Waals surface area contributed by atoms with Crippen molar-refractivity contribution in [3.63, 3.8) is 0 Å². The van der Waals surface area contributed by atoms with Gasteiger partial charge in [0.05, 0.1) is 17.7 Å². The predicted molar refractivity (Wildman–Crippen MR) is 67.4 cm³/mol. The summed E-state index contributed by atoms with van der Waals surface area (Å²) >= 11 is 0. The monoisotopic (exact) mass is 231 g/mol. The Morgan fingerprint density at radius 1 is 1.35 bits per heavy atom. The molecule has 1 aromatic rings. The van der Waals surface area contributed by atoms with Gasteiger partial charge in [0.2, 0.25) is 0 Å². The number of nitriles is 1. The summed E-state index contributed by atoms with van der Waals surface area (Å²) in [6.07, 6.45) is 1.17. The lowest BCUT2D eigenvalue weighted by atomic mass is 9.95. The van der Waals surface area contributed by atoms with E-state index in [-0.39, 0.29) is 12.0 Å². The summed E-state index contributed by atoms with van der Waals surface area (Å²) in [5, 5.41) is 13.9. The molecular formula is C12H17N5. The van der Waals surface area contributed by atoms with E-state index in [1.165, 1.54) is 11.5 Å². The van der Waals surface area contributed by atoms with Crippen LogP contribution in [0.15, 0.2) is 29.4 Å². The lowest BCUT2D eigenvalue weighted by molar-refractivity contribution is 0.165. The summed E-state index contributed by atoms with van der Waals surface area (Å²) in [6, 6.07) is 9.32. The van der Waals surface area contributed by atoms with Gasteiger partial charge in [-0.05, 0) is 23.6 Å². The fourth-order valence-electron chi connectivity index (χ4n) is 1.75. The summed E-state index contributed by atoms with van der Waals surface area (Å²) in [5.41, 5.74) is 6.87. The van der Waals surface area contributed by atoms with Crippen molar-refractivity contribution in [2.24, 2.45) is 22.6 Å². The normalized spacial score (nSPS) is 12.6. The van der Waals surface area contributed by atoms with Crippen molar-refractivity contribution in [1.29, 1.82) is 5.26 Å². The van der Waals surface area contributed by atoms with Crippen molar-refractivity contribution >= 4 is 6.34 Å². The topological polar surface area (TPSA) is 91.4 Å². The molecule has 0 aromatic heterocycles. The van der Waals surface area contributed by atoms with Crippen molar-refractivity contribution in [2.45, 2.75) is 19.9 Å². The van der Waals surface area contributed by atoms with Crippen LogP contribution in [0.1, 0.15) is 31.0 Å². The summed E-state index contributed by atoms with van der Waals surface area (Å²) < 4.78 is 0. The number of rotatable bonds is 4. The number of nitrogens with zero attached hydrogens (tertiary/aromatic N) is 3. The van der Waals surface area contributed by atoms with Crippen molar-refractivity contribution in [2.75, 3.05) is 0 Å². The number of benzene rings is 1. The first kappa shape index (κ1) is 13.0. The molecule has 1 aromatic carbocycles. The van der Waals surface area contributed by atoms with E-state index in [1.807, 2.05) is 12.1 Å². The van der Waals surface area contributed by atoms with E-state index < -0.39 is 0 Å². The Balaban J connectivity index is 3.02. The molecule has 1 unspecified atom stereocenters. The first-order valence-corrected chi connectivity index (χ1v) is 5.38. The largest absolute Gasteiger partial charge is 0.388 e. The van der Waals surface area contributed by atoms with E-state index >= 15 is 0 Å². The fourth-order valence-corrected chi connectivity index (χ4v) is 1.75. The summed E-state index contributed by atoms with van der Waals surface area (Å²) in [6.45, 7) is 4.10. The van der Waals surface area contributed by atoms with Gasteiger partial charge in [0.25, 0.3) is 0 Å². The van der Waals surface area contributed by atoms with Gasteiger partial charge in [-0.1, -0.05) is 26.0 Å². The van der Waals surface area contributed by atoms with Gasteiger partial charge in [0.1, 0.15) is 6.34 Å². The number of hydrazone groups is 1. The van der Waals surface area contributed by atoms with Gasteiger partial charge in [-0.15, -0.1) is 0 Å². The molecule has 0 saturated heterocycles.